The third kappa shape index (κ3) is 6.35. The summed E-state index contributed by atoms with van der Waals surface area (Å²) >= 11 is 0. The van der Waals surface area contributed by atoms with E-state index in [1.807, 2.05) is 44.5 Å². The average molecular weight is 495 g/mol. The van der Waals surface area contributed by atoms with E-state index in [1.54, 1.807) is 56.9 Å². The molecule has 0 radical (unpaired) electrons. The molecule has 2 N–H and O–H groups in total. The number of ether oxygens (including phenoxy) is 3. The number of nitrogens with zero attached hydrogens (tertiary/aromatic N) is 2. The Bertz CT molecular complexity index is 1150. The molecule has 9 heteroatoms. The Hall–Kier alpha value is -4.01. The molecule has 0 bridgehead atoms. The van der Waals surface area contributed by atoms with Gasteiger partial charge in [-0.15, -0.1) is 0 Å². The first-order valence-electron chi connectivity index (χ1n) is 11.8. The van der Waals surface area contributed by atoms with Gasteiger partial charge in [-0.3, -0.25) is 9.59 Å². The fourth-order valence-corrected chi connectivity index (χ4v) is 3.81. The highest BCUT2D eigenvalue weighted by atomic mass is 16.5. The van der Waals surface area contributed by atoms with Gasteiger partial charge in [0.05, 0.1) is 20.8 Å². The van der Waals surface area contributed by atoms with Crippen LogP contribution in [-0.4, -0.2) is 48.2 Å². The molecule has 1 heterocycles. The monoisotopic (exact) mass is 494 g/mol. The number of carbonyl (C=O) groups excluding carboxylic acids is 2. The van der Waals surface area contributed by atoms with Crippen LogP contribution >= 0.6 is 0 Å². The lowest BCUT2D eigenvalue weighted by molar-refractivity contribution is -0.124. The zero-order valence-electron chi connectivity index (χ0n) is 21.6. The van der Waals surface area contributed by atoms with Crippen LogP contribution in [0.4, 0.5) is 0 Å². The van der Waals surface area contributed by atoms with Gasteiger partial charge in [-0.2, -0.15) is 0 Å². The number of aromatic nitrogens is 2. The van der Waals surface area contributed by atoms with E-state index >= 15 is 0 Å². The highest BCUT2D eigenvalue weighted by molar-refractivity contribution is 5.97. The average Bonchev–Trinajstić information content (AvgIpc) is 3.30. The summed E-state index contributed by atoms with van der Waals surface area (Å²) in [6, 6.07) is 10.8. The Labute approximate surface area is 211 Å². The van der Waals surface area contributed by atoms with Crippen molar-refractivity contribution in [3.63, 3.8) is 0 Å². The van der Waals surface area contributed by atoms with E-state index in [4.69, 9.17) is 14.2 Å². The molecule has 36 heavy (non-hydrogen) atoms. The molecule has 0 aliphatic carbocycles. The van der Waals surface area contributed by atoms with Crippen LogP contribution in [0.5, 0.6) is 17.2 Å². The van der Waals surface area contributed by atoms with Crippen molar-refractivity contribution in [3.8, 4) is 17.2 Å². The quantitative estimate of drug-likeness (QED) is 0.423. The van der Waals surface area contributed by atoms with Crippen LogP contribution < -0.4 is 24.8 Å². The van der Waals surface area contributed by atoms with Gasteiger partial charge in [0.1, 0.15) is 35.2 Å². The van der Waals surface area contributed by atoms with Crippen LogP contribution in [0.25, 0.3) is 0 Å². The minimum absolute atomic E-state index is 0.168. The molecule has 1 unspecified atom stereocenters. The standard InChI is InChI=1S/C27H34N4O5/c1-7-36-20-10-8-18(9-11-20)26(32)29-23(17(2)3)27(33)30-24(25-28-12-13-31(25)4)19-14-21(34-5)16-22(15-19)35-6/h8-17,23-24H,7H2,1-6H3,(H,29,32)(H,30,33)/t23-,24?/m0/s1. The second-order valence-corrected chi connectivity index (χ2v) is 8.64. The van der Waals surface area contributed by atoms with E-state index in [0.29, 0.717) is 35.2 Å². The first kappa shape index (κ1) is 26.6. The molecule has 2 amide bonds. The predicted molar refractivity (Wildman–Crippen MR) is 136 cm³/mol. The molecule has 2 atom stereocenters. The van der Waals surface area contributed by atoms with Crippen LogP contribution in [-0.2, 0) is 11.8 Å². The van der Waals surface area contributed by atoms with Gasteiger partial charge in [-0.1, -0.05) is 13.8 Å². The predicted octanol–water partition coefficient (Wildman–Crippen LogP) is 3.50. The van der Waals surface area contributed by atoms with Gasteiger partial charge in [0.25, 0.3) is 5.91 Å². The molecule has 3 rings (SSSR count). The zero-order valence-corrected chi connectivity index (χ0v) is 21.6. The van der Waals surface area contributed by atoms with Crippen molar-refractivity contribution in [1.29, 1.82) is 0 Å². The minimum Gasteiger partial charge on any atom is -0.497 e. The molecular weight excluding hydrogens is 460 g/mol. The van der Waals surface area contributed by atoms with Crippen LogP contribution in [0.15, 0.2) is 54.9 Å². The van der Waals surface area contributed by atoms with Crippen LogP contribution in [0.2, 0.25) is 0 Å². The van der Waals surface area contributed by atoms with Gasteiger partial charge in [0, 0.05) is 31.1 Å². The van der Waals surface area contributed by atoms with E-state index < -0.39 is 12.1 Å². The van der Waals surface area contributed by atoms with E-state index in [0.717, 1.165) is 5.56 Å². The van der Waals surface area contributed by atoms with E-state index in [9.17, 15) is 9.59 Å². The van der Waals surface area contributed by atoms with Gasteiger partial charge in [-0.05, 0) is 54.8 Å². The molecule has 0 spiro atoms. The largest absolute Gasteiger partial charge is 0.497 e. The third-order valence-corrected chi connectivity index (χ3v) is 5.77. The Kier molecular flexibility index (Phi) is 8.94. The minimum atomic E-state index is -0.778. The number of amides is 2. The number of methoxy groups -OCH3 is 2. The van der Waals surface area contributed by atoms with Gasteiger partial charge in [0.2, 0.25) is 5.91 Å². The van der Waals surface area contributed by atoms with Crippen LogP contribution in [0, 0.1) is 5.92 Å². The third-order valence-electron chi connectivity index (χ3n) is 5.77. The van der Waals surface area contributed by atoms with E-state index in [-0.39, 0.29) is 17.7 Å². The lowest BCUT2D eigenvalue weighted by Crippen LogP contribution is -2.50. The highest BCUT2D eigenvalue weighted by Crippen LogP contribution is 2.29. The van der Waals surface area contributed by atoms with Gasteiger partial charge >= 0.3 is 0 Å². The molecular formula is C27H34N4O5. The van der Waals surface area contributed by atoms with Crippen molar-refractivity contribution in [2.75, 3.05) is 20.8 Å². The second-order valence-electron chi connectivity index (χ2n) is 8.64. The van der Waals surface area contributed by atoms with Gasteiger partial charge in [0.15, 0.2) is 0 Å². The molecule has 0 aliphatic heterocycles. The normalized spacial score (nSPS) is 12.5. The summed E-state index contributed by atoms with van der Waals surface area (Å²) in [5, 5.41) is 5.95. The molecule has 0 fully saturated rings. The Balaban J connectivity index is 1.87. The van der Waals surface area contributed by atoms with Crippen molar-refractivity contribution >= 4 is 11.8 Å². The number of benzene rings is 2. The summed E-state index contributed by atoms with van der Waals surface area (Å²) in [5.74, 6) is 1.63. The topological polar surface area (TPSA) is 104 Å². The van der Waals surface area contributed by atoms with E-state index in [2.05, 4.69) is 15.6 Å². The Morgan fingerprint density at radius 2 is 1.61 bits per heavy atom. The molecule has 2 aromatic carbocycles. The summed E-state index contributed by atoms with van der Waals surface area (Å²) in [6.45, 7) is 6.20. The number of hydrogen-bond acceptors (Lipinski definition) is 6. The maximum Gasteiger partial charge on any atom is 0.251 e. The summed E-state index contributed by atoms with van der Waals surface area (Å²) in [4.78, 5) is 31.0. The number of aryl methyl sites for hydroxylation is 1. The lowest BCUT2D eigenvalue weighted by atomic mass is 10.00. The van der Waals surface area contributed by atoms with Crippen molar-refractivity contribution in [3.05, 3.63) is 71.8 Å². The first-order chi connectivity index (χ1) is 17.3. The number of rotatable bonds is 11. The summed E-state index contributed by atoms with van der Waals surface area (Å²) in [6.07, 6.45) is 3.47. The van der Waals surface area contributed by atoms with Crippen molar-refractivity contribution in [1.82, 2.24) is 20.2 Å². The molecule has 192 valence electrons. The molecule has 3 aromatic rings. The zero-order chi connectivity index (χ0) is 26.2. The number of hydrogen-bond donors (Lipinski definition) is 2. The highest BCUT2D eigenvalue weighted by Gasteiger charge is 2.29. The molecule has 1 aromatic heterocycles. The number of imidazole rings is 1. The van der Waals surface area contributed by atoms with E-state index in [1.165, 1.54) is 0 Å². The van der Waals surface area contributed by atoms with Crippen LogP contribution in [0.3, 0.4) is 0 Å². The summed E-state index contributed by atoms with van der Waals surface area (Å²) in [5.41, 5.74) is 1.17. The van der Waals surface area contributed by atoms with Gasteiger partial charge < -0.3 is 29.4 Å². The smallest absolute Gasteiger partial charge is 0.251 e. The Morgan fingerprint density at radius 3 is 2.11 bits per heavy atom. The molecule has 0 saturated carbocycles. The molecule has 0 aliphatic rings. The van der Waals surface area contributed by atoms with Crippen LogP contribution in [0.1, 0.15) is 48.6 Å². The maximum absolute atomic E-state index is 13.5. The van der Waals surface area contributed by atoms with Crippen molar-refractivity contribution in [2.45, 2.75) is 32.9 Å². The first-order valence-corrected chi connectivity index (χ1v) is 11.8. The number of nitrogens with one attached hydrogen (secondary N) is 2. The number of carbonyl (C=O) groups is 2. The summed E-state index contributed by atoms with van der Waals surface area (Å²) in [7, 11) is 4.99. The molecule has 9 nitrogen and oxygen atoms in total. The maximum atomic E-state index is 13.5. The van der Waals surface area contributed by atoms with Gasteiger partial charge in [-0.25, -0.2) is 4.98 Å². The SMILES string of the molecule is CCOc1ccc(C(=O)N[C@H](C(=O)NC(c2cc(OC)cc(OC)c2)c2nccn2C)C(C)C)cc1. The summed E-state index contributed by atoms with van der Waals surface area (Å²) < 4.78 is 18.1. The lowest BCUT2D eigenvalue weighted by Gasteiger charge is -2.26. The van der Waals surface area contributed by atoms with Crippen molar-refractivity contribution < 1.29 is 23.8 Å². The Morgan fingerprint density at radius 1 is 0.972 bits per heavy atom. The van der Waals surface area contributed by atoms with Crippen molar-refractivity contribution in [2.24, 2.45) is 13.0 Å². The second kappa shape index (κ2) is 12.1. The fourth-order valence-electron chi connectivity index (χ4n) is 3.81. The molecule has 0 saturated heterocycles. The fraction of sp³-hybridized carbons (Fsp3) is 0.370.